The van der Waals surface area contributed by atoms with E-state index in [1.165, 1.54) is 0 Å². The van der Waals surface area contributed by atoms with Crippen LogP contribution in [0.2, 0.25) is 0 Å². The molecule has 2 aromatic carbocycles. The molecular weight excluding hydrogens is 344 g/mol. The lowest BCUT2D eigenvalue weighted by Gasteiger charge is -2.29. The summed E-state index contributed by atoms with van der Waals surface area (Å²) in [6.07, 6.45) is 1.95. The zero-order valence-corrected chi connectivity index (χ0v) is 13.5. The number of amides is 2. The number of carbonyl (C=O) groups excluding carboxylic acids is 1. The van der Waals surface area contributed by atoms with E-state index in [0.29, 0.717) is 6.54 Å². The quantitative estimate of drug-likeness (QED) is 0.718. The van der Waals surface area contributed by atoms with Crippen molar-refractivity contribution >= 4 is 44.2 Å². The Balaban J connectivity index is 1.74. The monoisotopic (exact) mass is 356 g/mol. The van der Waals surface area contributed by atoms with Gasteiger partial charge in [-0.05, 0) is 35.9 Å². The zero-order valence-electron chi connectivity index (χ0n) is 11.9. The van der Waals surface area contributed by atoms with E-state index >= 15 is 0 Å². The first kappa shape index (κ1) is 13.3. The highest BCUT2D eigenvalue weighted by molar-refractivity contribution is 9.10. The number of hydrogen-bond acceptors (Lipinski definition) is 2. The molecule has 5 nitrogen and oxygen atoms in total. The van der Waals surface area contributed by atoms with Crippen LogP contribution in [0.1, 0.15) is 5.56 Å². The average molecular weight is 357 g/mol. The van der Waals surface area contributed by atoms with Crippen LogP contribution in [0.15, 0.2) is 47.1 Å². The third-order valence-corrected chi connectivity index (χ3v) is 4.29. The van der Waals surface area contributed by atoms with Gasteiger partial charge >= 0.3 is 6.03 Å². The summed E-state index contributed by atoms with van der Waals surface area (Å²) >= 11 is 3.43. The van der Waals surface area contributed by atoms with Gasteiger partial charge in [-0.15, -0.1) is 0 Å². The van der Waals surface area contributed by atoms with Crippen LogP contribution in [-0.4, -0.2) is 15.8 Å². The number of rotatable bonds is 1. The Bertz CT molecular complexity index is 902. The maximum atomic E-state index is 12.4. The molecule has 2 heterocycles. The highest BCUT2D eigenvalue weighted by Gasteiger charge is 2.24. The minimum Gasteiger partial charge on any atom is -0.307 e. The number of halogens is 1. The van der Waals surface area contributed by atoms with Crippen LogP contribution in [0.3, 0.4) is 0 Å². The lowest BCUT2D eigenvalue weighted by molar-refractivity contribution is 0.256. The van der Waals surface area contributed by atoms with Crippen molar-refractivity contribution in [1.29, 1.82) is 0 Å². The second kappa shape index (κ2) is 4.84. The van der Waals surface area contributed by atoms with Crippen molar-refractivity contribution in [2.24, 2.45) is 7.05 Å². The number of carbonyl (C=O) groups is 1. The number of fused-ring (bicyclic) bond motifs is 2. The molecular formula is C16H13BrN4O. The van der Waals surface area contributed by atoms with Gasteiger partial charge in [0.15, 0.2) is 0 Å². The zero-order chi connectivity index (χ0) is 15.3. The molecule has 0 aliphatic carbocycles. The first-order valence-corrected chi connectivity index (χ1v) is 7.70. The van der Waals surface area contributed by atoms with Crippen molar-refractivity contribution in [3.63, 3.8) is 0 Å². The van der Waals surface area contributed by atoms with Crippen LogP contribution in [0.25, 0.3) is 10.9 Å². The van der Waals surface area contributed by atoms with Gasteiger partial charge in [0.1, 0.15) is 0 Å². The van der Waals surface area contributed by atoms with Crippen LogP contribution in [0.4, 0.5) is 16.2 Å². The van der Waals surface area contributed by atoms with E-state index in [0.717, 1.165) is 32.3 Å². The topological polar surface area (TPSA) is 50.2 Å². The SMILES string of the molecule is Cn1cc2cc(N3Cc4ccc(Br)cc4NC3=O)ccc2n1. The lowest BCUT2D eigenvalue weighted by Crippen LogP contribution is -2.38. The smallest absolute Gasteiger partial charge is 0.307 e. The first-order chi connectivity index (χ1) is 10.6. The number of nitrogens with zero attached hydrogens (tertiary/aromatic N) is 3. The molecule has 0 saturated heterocycles. The minimum absolute atomic E-state index is 0.117. The van der Waals surface area contributed by atoms with Crippen molar-refractivity contribution in [1.82, 2.24) is 9.78 Å². The minimum atomic E-state index is -0.117. The molecule has 0 spiro atoms. The summed E-state index contributed by atoms with van der Waals surface area (Å²) in [7, 11) is 1.89. The second-order valence-corrected chi connectivity index (χ2v) is 6.28. The van der Waals surface area contributed by atoms with Crippen molar-refractivity contribution < 1.29 is 4.79 Å². The highest BCUT2D eigenvalue weighted by Crippen LogP contribution is 2.30. The molecule has 0 fully saturated rings. The summed E-state index contributed by atoms with van der Waals surface area (Å²) in [5, 5.41) is 8.32. The number of aromatic nitrogens is 2. The fourth-order valence-corrected chi connectivity index (χ4v) is 3.10. The Morgan fingerprint density at radius 1 is 1.23 bits per heavy atom. The highest BCUT2D eigenvalue weighted by atomic mass is 79.9. The fourth-order valence-electron chi connectivity index (χ4n) is 2.74. The summed E-state index contributed by atoms with van der Waals surface area (Å²) in [4.78, 5) is 14.1. The Labute approximate surface area is 135 Å². The average Bonchev–Trinajstić information content (AvgIpc) is 2.85. The number of hydrogen-bond donors (Lipinski definition) is 1. The molecule has 4 rings (SSSR count). The van der Waals surface area contributed by atoms with Gasteiger partial charge in [-0.1, -0.05) is 22.0 Å². The van der Waals surface area contributed by atoms with Gasteiger partial charge in [-0.2, -0.15) is 5.10 Å². The van der Waals surface area contributed by atoms with Crippen LogP contribution < -0.4 is 10.2 Å². The van der Waals surface area contributed by atoms with Crippen molar-refractivity contribution in [3.05, 3.63) is 52.6 Å². The number of aryl methyl sites for hydroxylation is 1. The normalized spacial score (nSPS) is 14.1. The van der Waals surface area contributed by atoms with E-state index in [1.807, 2.05) is 49.6 Å². The van der Waals surface area contributed by atoms with Crippen LogP contribution in [0.5, 0.6) is 0 Å². The van der Waals surface area contributed by atoms with Gasteiger partial charge < -0.3 is 5.32 Å². The van der Waals surface area contributed by atoms with Crippen LogP contribution in [-0.2, 0) is 13.6 Å². The molecule has 0 radical (unpaired) electrons. The maximum absolute atomic E-state index is 12.4. The summed E-state index contributed by atoms with van der Waals surface area (Å²) in [6, 6.07) is 11.7. The first-order valence-electron chi connectivity index (χ1n) is 6.90. The lowest BCUT2D eigenvalue weighted by atomic mass is 10.1. The van der Waals surface area contributed by atoms with Gasteiger partial charge in [-0.25, -0.2) is 4.79 Å². The summed E-state index contributed by atoms with van der Waals surface area (Å²) in [6.45, 7) is 0.556. The second-order valence-electron chi connectivity index (χ2n) is 5.36. The molecule has 22 heavy (non-hydrogen) atoms. The largest absolute Gasteiger partial charge is 0.326 e. The molecule has 0 bridgehead atoms. The number of urea groups is 1. The predicted octanol–water partition coefficient (Wildman–Crippen LogP) is 3.89. The van der Waals surface area contributed by atoms with E-state index < -0.39 is 0 Å². The van der Waals surface area contributed by atoms with E-state index in [9.17, 15) is 4.79 Å². The van der Waals surface area contributed by atoms with Crippen molar-refractivity contribution in [2.45, 2.75) is 6.54 Å². The van der Waals surface area contributed by atoms with Gasteiger partial charge in [0.05, 0.1) is 12.1 Å². The van der Waals surface area contributed by atoms with Gasteiger partial charge in [0, 0.05) is 34.5 Å². The predicted molar refractivity (Wildman–Crippen MR) is 90.1 cm³/mol. The third-order valence-electron chi connectivity index (χ3n) is 3.80. The molecule has 1 N–H and O–H groups in total. The van der Waals surface area contributed by atoms with E-state index in [4.69, 9.17) is 0 Å². The number of benzene rings is 2. The fraction of sp³-hybridized carbons (Fsp3) is 0.125. The van der Waals surface area contributed by atoms with Crippen LogP contribution >= 0.6 is 15.9 Å². The Hall–Kier alpha value is -2.34. The van der Waals surface area contributed by atoms with E-state index in [-0.39, 0.29) is 6.03 Å². The molecule has 0 atom stereocenters. The molecule has 0 saturated carbocycles. The van der Waals surface area contributed by atoms with Gasteiger partial charge in [0.25, 0.3) is 0 Å². The molecule has 6 heteroatoms. The summed E-state index contributed by atoms with van der Waals surface area (Å²) in [5.74, 6) is 0. The molecule has 1 aliphatic rings. The van der Waals surface area contributed by atoms with E-state index in [1.54, 1.807) is 9.58 Å². The van der Waals surface area contributed by atoms with Crippen molar-refractivity contribution in [2.75, 3.05) is 10.2 Å². The number of nitrogens with one attached hydrogen (secondary N) is 1. The third kappa shape index (κ3) is 2.16. The molecule has 1 aliphatic heterocycles. The molecule has 2 amide bonds. The Kier molecular flexibility index (Phi) is 2.94. The molecule has 0 unspecified atom stereocenters. The molecule has 110 valence electrons. The van der Waals surface area contributed by atoms with E-state index in [2.05, 4.69) is 26.3 Å². The van der Waals surface area contributed by atoms with Crippen LogP contribution in [0, 0.1) is 0 Å². The van der Waals surface area contributed by atoms with Crippen molar-refractivity contribution in [3.8, 4) is 0 Å². The summed E-state index contributed by atoms with van der Waals surface area (Å²) in [5.41, 5.74) is 3.74. The molecule has 1 aromatic heterocycles. The standard InChI is InChI=1S/C16H13BrN4O/c1-20-8-11-6-13(4-5-14(11)19-20)21-9-10-2-3-12(17)7-15(10)18-16(21)22/h2-8H,9H2,1H3,(H,18,22). The number of anilines is 2. The molecule has 3 aromatic rings. The maximum Gasteiger partial charge on any atom is 0.326 e. The Morgan fingerprint density at radius 3 is 2.95 bits per heavy atom. The Morgan fingerprint density at radius 2 is 2.09 bits per heavy atom. The van der Waals surface area contributed by atoms with Gasteiger partial charge in [0.2, 0.25) is 0 Å². The summed E-state index contributed by atoms with van der Waals surface area (Å²) < 4.78 is 2.73. The van der Waals surface area contributed by atoms with Gasteiger partial charge in [-0.3, -0.25) is 9.58 Å².